The first-order valence-corrected chi connectivity index (χ1v) is 9.87. The van der Waals surface area contributed by atoms with Crippen LogP contribution in [-0.2, 0) is 17.8 Å². The number of rotatable bonds is 7. The Morgan fingerprint density at radius 2 is 2.14 bits per heavy atom. The van der Waals surface area contributed by atoms with E-state index in [0.29, 0.717) is 19.6 Å². The van der Waals surface area contributed by atoms with Crippen molar-refractivity contribution in [2.45, 2.75) is 32.0 Å². The number of hydrogen-bond donors (Lipinski definition) is 1. The highest BCUT2D eigenvalue weighted by molar-refractivity contribution is 5.89. The summed E-state index contributed by atoms with van der Waals surface area (Å²) in [5.41, 5.74) is 2.87. The number of nitrogens with zero attached hydrogens (tertiary/aromatic N) is 4. The fraction of sp³-hybridized carbons (Fsp3) is 0.318. The number of amides is 2. The SMILES string of the molecule is O=C(Nc1cccc(Cn2ccnc2)c1)N(Cc1cccnc1)CC1CCCO1. The number of benzene rings is 1. The summed E-state index contributed by atoms with van der Waals surface area (Å²) in [4.78, 5) is 23.1. The maximum absolute atomic E-state index is 13.1. The molecule has 2 amide bonds. The summed E-state index contributed by atoms with van der Waals surface area (Å²) in [6, 6.07) is 11.6. The highest BCUT2D eigenvalue weighted by Gasteiger charge is 2.23. The Morgan fingerprint density at radius 1 is 1.21 bits per heavy atom. The van der Waals surface area contributed by atoms with Gasteiger partial charge in [-0.2, -0.15) is 0 Å². The molecule has 1 aromatic carbocycles. The Balaban J connectivity index is 1.45. The number of hydrogen-bond acceptors (Lipinski definition) is 4. The summed E-state index contributed by atoms with van der Waals surface area (Å²) in [5.74, 6) is 0. The van der Waals surface area contributed by atoms with Crippen molar-refractivity contribution in [1.29, 1.82) is 0 Å². The second-order valence-corrected chi connectivity index (χ2v) is 7.24. The molecule has 7 nitrogen and oxygen atoms in total. The number of carbonyl (C=O) groups is 1. The number of ether oxygens (including phenoxy) is 1. The van der Waals surface area contributed by atoms with Gasteiger partial charge in [0.25, 0.3) is 0 Å². The molecule has 29 heavy (non-hydrogen) atoms. The first-order chi connectivity index (χ1) is 14.3. The molecule has 150 valence electrons. The van der Waals surface area contributed by atoms with Gasteiger partial charge in [0.15, 0.2) is 0 Å². The molecule has 7 heteroatoms. The van der Waals surface area contributed by atoms with Crippen LogP contribution in [0.15, 0.2) is 67.5 Å². The van der Waals surface area contributed by atoms with Gasteiger partial charge in [0.1, 0.15) is 0 Å². The molecule has 0 radical (unpaired) electrons. The molecule has 1 unspecified atom stereocenters. The van der Waals surface area contributed by atoms with E-state index in [0.717, 1.165) is 36.3 Å². The topological polar surface area (TPSA) is 72.3 Å². The third kappa shape index (κ3) is 5.42. The van der Waals surface area contributed by atoms with Gasteiger partial charge in [-0.25, -0.2) is 9.78 Å². The fourth-order valence-corrected chi connectivity index (χ4v) is 3.51. The quantitative estimate of drug-likeness (QED) is 0.669. The van der Waals surface area contributed by atoms with E-state index in [1.54, 1.807) is 29.8 Å². The maximum atomic E-state index is 13.1. The molecule has 1 aliphatic rings. The lowest BCUT2D eigenvalue weighted by Gasteiger charge is -2.26. The molecule has 3 aromatic rings. The summed E-state index contributed by atoms with van der Waals surface area (Å²) >= 11 is 0. The monoisotopic (exact) mass is 391 g/mol. The molecule has 1 aliphatic heterocycles. The normalized spacial score (nSPS) is 15.9. The zero-order valence-corrected chi connectivity index (χ0v) is 16.3. The van der Waals surface area contributed by atoms with Crippen molar-refractivity contribution in [2.24, 2.45) is 0 Å². The number of imidazole rings is 1. The van der Waals surface area contributed by atoms with E-state index in [1.807, 2.05) is 47.2 Å². The minimum atomic E-state index is -0.135. The van der Waals surface area contributed by atoms with Gasteiger partial charge in [0, 0.05) is 56.7 Å². The molecular formula is C22H25N5O2. The molecule has 0 spiro atoms. The van der Waals surface area contributed by atoms with Gasteiger partial charge in [0.2, 0.25) is 0 Å². The lowest BCUT2D eigenvalue weighted by molar-refractivity contribution is 0.0819. The van der Waals surface area contributed by atoms with Crippen molar-refractivity contribution in [3.63, 3.8) is 0 Å². The molecule has 0 saturated carbocycles. The van der Waals surface area contributed by atoms with E-state index in [9.17, 15) is 4.79 Å². The highest BCUT2D eigenvalue weighted by atomic mass is 16.5. The average Bonchev–Trinajstić information content (AvgIpc) is 3.43. The van der Waals surface area contributed by atoms with Crippen LogP contribution < -0.4 is 5.32 Å². The Kier molecular flexibility index (Phi) is 6.16. The van der Waals surface area contributed by atoms with Crippen LogP contribution in [0.5, 0.6) is 0 Å². The molecule has 1 saturated heterocycles. The van der Waals surface area contributed by atoms with E-state index in [1.165, 1.54) is 0 Å². The third-order valence-electron chi connectivity index (χ3n) is 4.93. The van der Waals surface area contributed by atoms with E-state index in [-0.39, 0.29) is 12.1 Å². The van der Waals surface area contributed by atoms with Gasteiger partial charge < -0.3 is 19.5 Å². The van der Waals surface area contributed by atoms with Crippen LogP contribution >= 0.6 is 0 Å². The molecule has 0 bridgehead atoms. The summed E-state index contributed by atoms with van der Waals surface area (Å²) < 4.78 is 7.75. The minimum Gasteiger partial charge on any atom is -0.376 e. The van der Waals surface area contributed by atoms with Crippen LogP contribution in [0, 0.1) is 0 Å². The van der Waals surface area contributed by atoms with Crippen LogP contribution in [0.25, 0.3) is 0 Å². The molecular weight excluding hydrogens is 366 g/mol. The first-order valence-electron chi connectivity index (χ1n) is 9.87. The van der Waals surface area contributed by atoms with Crippen LogP contribution in [0.1, 0.15) is 24.0 Å². The first kappa shape index (κ1) is 19.1. The van der Waals surface area contributed by atoms with Crippen molar-refractivity contribution in [3.05, 3.63) is 78.6 Å². The fourth-order valence-electron chi connectivity index (χ4n) is 3.51. The van der Waals surface area contributed by atoms with Gasteiger partial charge in [-0.05, 0) is 42.2 Å². The molecule has 1 fully saturated rings. The second kappa shape index (κ2) is 9.34. The van der Waals surface area contributed by atoms with E-state index < -0.39 is 0 Å². The zero-order chi connectivity index (χ0) is 19.9. The Bertz CT molecular complexity index is 908. The second-order valence-electron chi connectivity index (χ2n) is 7.24. The lowest BCUT2D eigenvalue weighted by atomic mass is 10.2. The van der Waals surface area contributed by atoms with E-state index >= 15 is 0 Å². The smallest absolute Gasteiger partial charge is 0.322 e. The van der Waals surface area contributed by atoms with E-state index in [2.05, 4.69) is 15.3 Å². The number of carbonyl (C=O) groups excluding carboxylic acids is 1. The van der Waals surface area contributed by atoms with Gasteiger partial charge in [0.05, 0.1) is 12.4 Å². The summed E-state index contributed by atoms with van der Waals surface area (Å²) in [7, 11) is 0. The molecule has 0 aliphatic carbocycles. The number of aromatic nitrogens is 3. The summed E-state index contributed by atoms with van der Waals surface area (Å²) in [6.45, 7) is 2.53. The zero-order valence-electron chi connectivity index (χ0n) is 16.3. The van der Waals surface area contributed by atoms with E-state index in [4.69, 9.17) is 4.74 Å². The van der Waals surface area contributed by atoms with Gasteiger partial charge >= 0.3 is 6.03 Å². The largest absolute Gasteiger partial charge is 0.376 e. The standard InChI is InChI=1S/C22H25N5O2/c28-22(25-20-6-1-4-18(12-20)14-26-10-9-24-17-26)27(16-21-7-3-11-29-21)15-19-5-2-8-23-13-19/h1-2,4-6,8-10,12-13,17,21H,3,7,11,14-16H2,(H,25,28). The molecule has 2 aromatic heterocycles. The van der Waals surface area contributed by atoms with Crippen LogP contribution in [0.4, 0.5) is 10.5 Å². The molecule has 1 N–H and O–H groups in total. The average molecular weight is 391 g/mol. The molecule has 4 rings (SSSR count). The summed E-state index contributed by atoms with van der Waals surface area (Å²) in [6.07, 6.45) is 11.1. The minimum absolute atomic E-state index is 0.0880. The Labute approximate surface area is 170 Å². The Hall–Kier alpha value is -3.19. The molecule has 3 heterocycles. The number of nitrogens with one attached hydrogen (secondary N) is 1. The summed E-state index contributed by atoms with van der Waals surface area (Å²) in [5, 5.41) is 3.04. The lowest BCUT2D eigenvalue weighted by Crippen LogP contribution is -2.39. The van der Waals surface area contributed by atoms with Crippen LogP contribution in [-0.4, -0.2) is 44.7 Å². The number of pyridine rings is 1. The number of anilines is 1. The van der Waals surface area contributed by atoms with Crippen molar-refractivity contribution in [2.75, 3.05) is 18.5 Å². The maximum Gasteiger partial charge on any atom is 0.322 e. The van der Waals surface area contributed by atoms with Crippen LogP contribution in [0.3, 0.4) is 0 Å². The van der Waals surface area contributed by atoms with Gasteiger partial charge in [-0.1, -0.05) is 18.2 Å². The van der Waals surface area contributed by atoms with Gasteiger partial charge in [-0.3, -0.25) is 4.98 Å². The van der Waals surface area contributed by atoms with Crippen molar-refractivity contribution in [3.8, 4) is 0 Å². The van der Waals surface area contributed by atoms with Crippen molar-refractivity contribution < 1.29 is 9.53 Å². The van der Waals surface area contributed by atoms with Crippen molar-refractivity contribution in [1.82, 2.24) is 19.4 Å². The number of urea groups is 1. The van der Waals surface area contributed by atoms with Gasteiger partial charge in [-0.15, -0.1) is 0 Å². The predicted molar refractivity (Wildman–Crippen MR) is 110 cm³/mol. The Morgan fingerprint density at radius 3 is 2.90 bits per heavy atom. The highest BCUT2D eigenvalue weighted by Crippen LogP contribution is 2.17. The van der Waals surface area contributed by atoms with Crippen molar-refractivity contribution >= 4 is 11.7 Å². The van der Waals surface area contributed by atoms with Crippen LogP contribution in [0.2, 0.25) is 0 Å². The molecule has 1 atom stereocenters. The third-order valence-corrected chi connectivity index (χ3v) is 4.93. The predicted octanol–water partition coefficient (Wildman–Crippen LogP) is 3.54.